The molecule has 1 rings (SSSR count). The third kappa shape index (κ3) is 3.70. The van der Waals surface area contributed by atoms with Gasteiger partial charge in [0.15, 0.2) is 0 Å². The van der Waals surface area contributed by atoms with Gasteiger partial charge >= 0.3 is 5.97 Å². The lowest BCUT2D eigenvalue weighted by Gasteiger charge is -2.28. The van der Waals surface area contributed by atoms with Crippen molar-refractivity contribution in [3.63, 3.8) is 0 Å². The number of methoxy groups -OCH3 is 1. The molecule has 0 saturated heterocycles. The van der Waals surface area contributed by atoms with Crippen LogP contribution in [-0.4, -0.2) is 18.2 Å². The molecule has 1 atom stereocenters. The summed E-state index contributed by atoms with van der Waals surface area (Å²) in [6.07, 6.45) is -0.142. The largest absolute Gasteiger partial charge is 0.496 e. The molecule has 0 spiro atoms. The molecule has 0 radical (unpaired) electrons. The molecule has 19 heavy (non-hydrogen) atoms. The van der Waals surface area contributed by atoms with E-state index in [4.69, 9.17) is 15.6 Å². The molecule has 0 amide bonds. The van der Waals surface area contributed by atoms with Crippen LogP contribution in [-0.2, 0) is 15.7 Å². The molecule has 106 valence electrons. The van der Waals surface area contributed by atoms with Gasteiger partial charge in [-0.05, 0) is 30.0 Å². The quantitative estimate of drug-likeness (QED) is 0.877. The first-order valence-corrected chi connectivity index (χ1v) is 6.27. The summed E-state index contributed by atoms with van der Waals surface area (Å²) in [7, 11) is 1.56. The van der Waals surface area contributed by atoms with E-state index in [1.165, 1.54) is 0 Å². The normalized spacial score (nSPS) is 14.8. The highest BCUT2D eigenvalue weighted by molar-refractivity contribution is 5.69. The molecule has 0 bridgehead atoms. The van der Waals surface area contributed by atoms with Crippen LogP contribution >= 0.6 is 0 Å². The third-order valence-corrected chi connectivity index (χ3v) is 3.20. The third-order valence-electron chi connectivity index (χ3n) is 3.20. The number of benzene rings is 1. The molecule has 1 aromatic carbocycles. The van der Waals surface area contributed by atoms with Crippen molar-refractivity contribution in [2.75, 3.05) is 7.11 Å². The minimum Gasteiger partial charge on any atom is -0.496 e. The molecule has 0 fully saturated rings. The molecule has 1 unspecified atom stereocenters. The zero-order valence-electron chi connectivity index (χ0n) is 12.3. The molecule has 0 saturated carbocycles. The first-order valence-electron chi connectivity index (χ1n) is 6.27. The molecule has 0 aliphatic heterocycles. The van der Waals surface area contributed by atoms with Gasteiger partial charge in [-0.3, -0.25) is 4.79 Å². The van der Waals surface area contributed by atoms with Crippen LogP contribution in [0.25, 0.3) is 0 Å². The molecule has 0 aliphatic carbocycles. The first kappa shape index (κ1) is 15.5. The summed E-state index contributed by atoms with van der Waals surface area (Å²) in [5.41, 5.74) is 7.01. The molecule has 0 aliphatic rings. The predicted octanol–water partition coefficient (Wildman–Crippen LogP) is 2.64. The average Bonchev–Trinajstić information content (AvgIpc) is 2.25. The average molecular weight is 265 g/mol. The summed E-state index contributed by atoms with van der Waals surface area (Å²) in [6.45, 7) is 8.02. The molecular formula is C15H23NO3. The summed E-state index contributed by atoms with van der Waals surface area (Å²) < 4.78 is 5.31. The van der Waals surface area contributed by atoms with E-state index in [0.717, 1.165) is 11.1 Å². The van der Waals surface area contributed by atoms with Gasteiger partial charge in [0.25, 0.3) is 0 Å². The molecule has 0 heterocycles. The Bertz CT molecular complexity index is 473. The van der Waals surface area contributed by atoms with E-state index < -0.39 is 11.5 Å². The molecule has 4 heteroatoms. The maximum Gasteiger partial charge on any atom is 0.305 e. The van der Waals surface area contributed by atoms with Gasteiger partial charge in [-0.2, -0.15) is 0 Å². The lowest BCUT2D eigenvalue weighted by atomic mass is 9.81. The zero-order chi connectivity index (χ0) is 14.8. The molecular weight excluding hydrogens is 242 g/mol. The highest BCUT2D eigenvalue weighted by atomic mass is 16.5. The summed E-state index contributed by atoms with van der Waals surface area (Å²) >= 11 is 0. The number of rotatable bonds is 4. The van der Waals surface area contributed by atoms with Crippen LogP contribution < -0.4 is 10.5 Å². The van der Waals surface area contributed by atoms with E-state index in [2.05, 4.69) is 20.8 Å². The van der Waals surface area contributed by atoms with Crippen molar-refractivity contribution in [3.05, 3.63) is 29.3 Å². The van der Waals surface area contributed by atoms with Crippen LogP contribution in [0.3, 0.4) is 0 Å². The fraction of sp³-hybridized carbons (Fsp3) is 0.533. The maximum atomic E-state index is 10.9. The summed E-state index contributed by atoms with van der Waals surface area (Å²) in [6, 6.07) is 5.78. The Labute approximate surface area is 114 Å². The van der Waals surface area contributed by atoms with E-state index in [1.54, 1.807) is 14.0 Å². The Morgan fingerprint density at radius 1 is 1.32 bits per heavy atom. The standard InChI is InChI=1S/C15H23NO3/c1-14(2,3)10-6-7-12(19-5)11(8-10)15(4,16)9-13(17)18/h6-8H,9,16H2,1-5H3,(H,17,18). The fourth-order valence-corrected chi connectivity index (χ4v) is 2.03. The van der Waals surface area contributed by atoms with Crippen LogP contribution in [0.5, 0.6) is 5.75 Å². The van der Waals surface area contributed by atoms with Crippen LogP contribution in [0.15, 0.2) is 18.2 Å². The molecule has 1 aromatic rings. The summed E-state index contributed by atoms with van der Waals surface area (Å²) in [5.74, 6) is -0.299. The van der Waals surface area contributed by atoms with Crippen LogP contribution in [0.2, 0.25) is 0 Å². The highest BCUT2D eigenvalue weighted by Crippen LogP contribution is 2.34. The SMILES string of the molecule is COc1ccc(C(C)(C)C)cc1C(C)(N)CC(=O)O. The van der Waals surface area contributed by atoms with Gasteiger partial charge in [0.2, 0.25) is 0 Å². The second kappa shape index (κ2) is 5.21. The van der Waals surface area contributed by atoms with Crippen molar-refractivity contribution in [1.29, 1.82) is 0 Å². The Morgan fingerprint density at radius 2 is 1.89 bits per heavy atom. The number of carbonyl (C=O) groups is 1. The van der Waals surface area contributed by atoms with Gasteiger partial charge in [0.1, 0.15) is 5.75 Å². The van der Waals surface area contributed by atoms with Crippen molar-refractivity contribution in [2.45, 2.75) is 45.1 Å². The Morgan fingerprint density at radius 3 is 2.32 bits per heavy atom. The maximum absolute atomic E-state index is 10.9. The van der Waals surface area contributed by atoms with Gasteiger partial charge in [-0.1, -0.05) is 26.8 Å². The number of hydrogen-bond donors (Lipinski definition) is 2. The summed E-state index contributed by atoms with van der Waals surface area (Å²) in [5, 5.41) is 8.98. The van der Waals surface area contributed by atoms with Gasteiger partial charge in [0.05, 0.1) is 19.1 Å². The molecule has 4 nitrogen and oxygen atoms in total. The van der Waals surface area contributed by atoms with E-state index in [-0.39, 0.29) is 11.8 Å². The van der Waals surface area contributed by atoms with Crippen LogP contribution in [0.4, 0.5) is 0 Å². The van der Waals surface area contributed by atoms with Gasteiger partial charge < -0.3 is 15.6 Å². The Kier molecular flexibility index (Phi) is 4.25. The van der Waals surface area contributed by atoms with E-state index in [1.807, 2.05) is 18.2 Å². The lowest BCUT2D eigenvalue weighted by molar-refractivity contribution is -0.138. The van der Waals surface area contributed by atoms with Crippen molar-refractivity contribution in [1.82, 2.24) is 0 Å². The second-order valence-electron chi connectivity index (χ2n) is 6.15. The monoisotopic (exact) mass is 265 g/mol. The number of aliphatic carboxylic acids is 1. The minimum absolute atomic E-state index is 0.0275. The number of hydrogen-bond acceptors (Lipinski definition) is 3. The fourth-order valence-electron chi connectivity index (χ4n) is 2.03. The first-order chi connectivity index (χ1) is 8.58. The van der Waals surface area contributed by atoms with Crippen molar-refractivity contribution in [3.8, 4) is 5.75 Å². The lowest BCUT2D eigenvalue weighted by Crippen LogP contribution is -2.36. The highest BCUT2D eigenvalue weighted by Gasteiger charge is 2.29. The second-order valence-corrected chi connectivity index (χ2v) is 6.15. The zero-order valence-corrected chi connectivity index (χ0v) is 12.3. The van der Waals surface area contributed by atoms with Crippen LogP contribution in [0, 0.1) is 0 Å². The van der Waals surface area contributed by atoms with Gasteiger partial charge in [-0.25, -0.2) is 0 Å². The number of carboxylic acid groups (broad SMARTS) is 1. The van der Waals surface area contributed by atoms with E-state index in [0.29, 0.717) is 5.75 Å². The van der Waals surface area contributed by atoms with E-state index >= 15 is 0 Å². The van der Waals surface area contributed by atoms with Crippen LogP contribution in [0.1, 0.15) is 45.2 Å². The van der Waals surface area contributed by atoms with E-state index in [9.17, 15) is 4.79 Å². The Hall–Kier alpha value is -1.55. The smallest absolute Gasteiger partial charge is 0.305 e. The number of ether oxygens (including phenoxy) is 1. The number of carboxylic acids is 1. The predicted molar refractivity (Wildman–Crippen MR) is 75.5 cm³/mol. The number of nitrogens with two attached hydrogens (primary N) is 1. The van der Waals surface area contributed by atoms with Gasteiger partial charge in [0, 0.05) is 5.56 Å². The van der Waals surface area contributed by atoms with Crippen molar-refractivity contribution < 1.29 is 14.6 Å². The summed E-state index contributed by atoms with van der Waals surface area (Å²) in [4.78, 5) is 10.9. The Balaban J connectivity index is 3.34. The van der Waals surface area contributed by atoms with Gasteiger partial charge in [-0.15, -0.1) is 0 Å². The molecule has 0 aromatic heterocycles. The van der Waals surface area contributed by atoms with Crippen molar-refractivity contribution >= 4 is 5.97 Å². The minimum atomic E-state index is -0.960. The molecule has 3 N–H and O–H groups in total. The topological polar surface area (TPSA) is 72.5 Å². The van der Waals surface area contributed by atoms with Crippen molar-refractivity contribution in [2.24, 2.45) is 5.73 Å².